The average molecular weight is 283 g/mol. The van der Waals surface area contributed by atoms with Gasteiger partial charge in [-0.25, -0.2) is 0 Å². The summed E-state index contributed by atoms with van der Waals surface area (Å²) in [4.78, 5) is 7.22. The second-order valence-corrected chi connectivity index (χ2v) is 6.05. The van der Waals surface area contributed by atoms with Gasteiger partial charge in [0.15, 0.2) is 0 Å². The maximum atomic E-state index is 4.64. The van der Waals surface area contributed by atoms with Crippen LogP contribution in [0.5, 0.6) is 0 Å². The molecule has 3 rings (SSSR count). The number of pyridine rings is 1. The number of aromatic nitrogens is 1. The minimum absolute atomic E-state index is 0.710. The molecule has 0 amide bonds. The molecule has 1 saturated heterocycles. The summed E-state index contributed by atoms with van der Waals surface area (Å²) in [6, 6.07) is 11.5. The number of rotatable bonds is 4. The van der Waals surface area contributed by atoms with E-state index in [2.05, 4.69) is 59.4 Å². The van der Waals surface area contributed by atoms with Crippen LogP contribution in [0.15, 0.2) is 30.3 Å². The Kier molecular flexibility index (Phi) is 4.51. The molecule has 3 heteroatoms. The maximum Gasteiger partial charge on any atom is 0.0708 e. The lowest BCUT2D eigenvalue weighted by atomic mass is 10.0. The number of nitrogens with one attached hydrogen (secondary N) is 1. The van der Waals surface area contributed by atoms with E-state index in [0.29, 0.717) is 6.04 Å². The zero-order chi connectivity index (χ0) is 14.7. The Morgan fingerprint density at radius 2 is 2.00 bits per heavy atom. The first-order chi connectivity index (χ1) is 10.3. The number of hydrogen-bond acceptors (Lipinski definition) is 3. The highest BCUT2D eigenvalue weighted by Crippen LogP contribution is 2.21. The molecule has 1 aromatic heterocycles. The molecule has 0 saturated carbocycles. The van der Waals surface area contributed by atoms with E-state index in [9.17, 15) is 0 Å². The van der Waals surface area contributed by atoms with Gasteiger partial charge < -0.3 is 5.32 Å². The Labute approximate surface area is 127 Å². The topological polar surface area (TPSA) is 28.2 Å². The Morgan fingerprint density at radius 1 is 1.24 bits per heavy atom. The summed E-state index contributed by atoms with van der Waals surface area (Å²) in [6.07, 6.45) is 2.52. The van der Waals surface area contributed by atoms with Gasteiger partial charge in [-0.05, 0) is 57.1 Å². The molecule has 2 heterocycles. The minimum atomic E-state index is 0.710. The van der Waals surface area contributed by atoms with Gasteiger partial charge in [-0.1, -0.05) is 25.1 Å². The Bertz CT molecular complexity index is 600. The van der Waals surface area contributed by atoms with Gasteiger partial charge in [0.25, 0.3) is 0 Å². The molecule has 0 bridgehead atoms. The SMILES string of the molecule is CCNC1CCN(Cc2cc(C)nc3ccccc23)CC1. The smallest absolute Gasteiger partial charge is 0.0708 e. The van der Waals surface area contributed by atoms with E-state index < -0.39 is 0 Å². The van der Waals surface area contributed by atoms with Crippen molar-refractivity contribution in [3.8, 4) is 0 Å². The van der Waals surface area contributed by atoms with Gasteiger partial charge in [0, 0.05) is 23.7 Å². The third-order valence-corrected chi connectivity index (χ3v) is 4.40. The van der Waals surface area contributed by atoms with E-state index in [-0.39, 0.29) is 0 Å². The van der Waals surface area contributed by atoms with Crippen molar-refractivity contribution in [1.29, 1.82) is 0 Å². The third-order valence-electron chi connectivity index (χ3n) is 4.40. The number of hydrogen-bond donors (Lipinski definition) is 1. The number of aryl methyl sites for hydroxylation is 1. The van der Waals surface area contributed by atoms with Gasteiger partial charge in [0.05, 0.1) is 5.52 Å². The molecule has 1 aromatic carbocycles. The fourth-order valence-corrected chi connectivity index (χ4v) is 3.35. The van der Waals surface area contributed by atoms with Crippen molar-refractivity contribution < 1.29 is 0 Å². The molecule has 112 valence electrons. The van der Waals surface area contributed by atoms with Crippen LogP contribution in [0, 0.1) is 6.92 Å². The van der Waals surface area contributed by atoms with Crippen LogP contribution < -0.4 is 5.32 Å². The highest BCUT2D eigenvalue weighted by molar-refractivity contribution is 5.82. The highest BCUT2D eigenvalue weighted by Gasteiger charge is 2.19. The summed E-state index contributed by atoms with van der Waals surface area (Å²) in [5.41, 5.74) is 3.65. The molecule has 21 heavy (non-hydrogen) atoms. The molecule has 0 aliphatic carbocycles. The molecule has 1 aliphatic rings. The summed E-state index contributed by atoms with van der Waals surface area (Å²) in [5.74, 6) is 0. The van der Waals surface area contributed by atoms with Gasteiger partial charge in [0.2, 0.25) is 0 Å². The van der Waals surface area contributed by atoms with Crippen LogP contribution in [-0.2, 0) is 6.54 Å². The lowest BCUT2D eigenvalue weighted by molar-refractivity contribution is 0.192. The first-order valence-corrected chi connectivity index (χ1v) is 8.07. The van der Waals surface area contributed by atoms with Crippen molar-refractivity contribution in [3.63, 3.8) is 0 Å². The lowest BCUT2D eigenvalue weighted by Crippen LogP contribution is -2.42. The standard InChI is InChI=1S/C18H25N3/c1-3-19-16-8-10-21(11-9-16)13-15-12-14(2)20-18-7-5-4-6-17(15)18/h4-7,12,16,19H,3,8-11,13H2,1-2H3. The molecule has 1 aliphatic heterocycles. The third kappa shape index (κ3) is 3.42. The van der Waals surface area contributed by atoms with E-state index in [0.717, 1.165) is 24.3 Å². The summed E-state index contributed by atoms with van der Waals surface area (Å²) >= 11 is 0. The summed E-state index contributed by atoms with van der Waals surface area (Å²) in [6.45, 7) is 8.79. The number of benzene rings is 1. The van der Waals surface area contributed by atoms with Crippen molar-refractivity contribution in [2.45, 2.75) is 39.3 Å². The summed E-state index contributed by atoms with van der Waals surface area (Å²) < 4.78 is 0. The quantitative estimate of drug-likeness (QED) is 0.934. The predicted octanol–water partition coefficient (Wildman–Crippen LogP) is 3.12. The van der Waals surface area contributed by atoms with Gasteiger partial charge in [0.1, 0.15) is 0 Å². The zero-order valence-corrected chi connectivity index (χ0v) is 13.1. The molecule has 1 fully saturated rings. The predicted molar refractivity (Wildman–Crippen MR) is 88.5 cm³/mol. The zero-order valence-electron chi connectivity index (χ0n) is 13.1. The molecular weight excluding hydrogens is 258 g/mol. The van der Waals surface area contributed by atoms with Crippen molar-refractivity contribution in [3.05, 3.63) is 41.6 Å². The molecule has 0 atom stereocenters. The molecule has 0 unspecified atom stereocenters. The number of piperidine rings is 1. The molecule has 2 aromatic rings. The number of likely N-dealkylation sites (tertiary alicyclic amines) is 1. The van der Waals surface area contributed by atoms with Crippen LogP contribution in [0.4, 0.5) is 0 Å². The Hall–Kier alpha value is -1.45. The summed E-state index contributed by atoms with van der Waals surface area (Å²) in [5, 5.41) is 4.87. The second-order valence-electron chi connectivity index (χ2n) is 6.05. The lowest BCUT2D eigenvalue weighted by Gasteiger charge is -2.32. The van der Waals surface area contributed by atoms with Crippen molar-refractivity contribution in [2.24, 2.45) is 0 Å². The van der Waals surface area contributed by atoms with E-state index in [1.165, 1.54) is 36.9 Å². The number of nitrogens with zero attached hydrogens (tertiary/aromatic N) is 2. The monoisotopic (exact) mass is 283 g/mol. The second kappa shape index (κ2) is 6.54. The number of para-hydroxylation sites is 1. The van der Waals surface area contributed by atoms with Gasteiger partial charge in [-0.2, -0.15) is 0 Å². The van der Waals surface area contributed by atoms with Crippen molar-refractivity contribution in [2.75, 3.05) is 19.6 Å². The van der Waals surface area contributed by atoms with E-state index in [1.54, 1.807) is 0 Å². The maximum absolute atomic E-state index is 4.64. The molecule has 0 spiro atoms. The van der Waals surface area contributed by atoms with Crippen LogP contribution in [-0.4, -0.2) is 35.6 Å². The fraction of sp³-hybridized carbons (Fsp3) is 0.500. The van der Waals surface area contributed by atoms with E-state index in [4.69, 9.17) is 0 Å². The van der Waals surface area contributed by atoms with Crippen LogP contribution in [0.25, 0.3) is 10.9 Å². The molecule has 0 radical (unpaired) electrons. The normalized spacial score (nSPS) is 17.4. The highest BCUT2D eigenvalue weighted by atomic mass is 15.1. The van der Waals surface area contributed by atoms with E-state index >= 15 is 0 Å². The average Bonchev–Trinajstić information content (AvgIpc) is 2.49. The van der Waals surface area contributed by atoms with E-state index in [1.807, 2.05) is 0 Å². The fourth-order valence-electron chi connectivity index (χ4n) is 3.35. The van der Waals surface area contributed by atoms with Crippen LogP contribution >= 0.6 is 0 Å². The van der Waals surface area contributed by atoms with Gasteiger partial charge >= 0.3 is 0 Å². The Morgan fingerprint density at radius 3 is 2.76 bits per heavy atom. The summed E-state index contributed by atoms with van der Waals surface area (Å²) in [7, 11) is 0. The molecule has 3 nitrogen and oxygen atoms in total. The van der Waals surface area contributed by atoms with Crippen LogP contribution in [0.2, 0.25) is 0 Å². The van der Waals surface area contributed by atoms with Crippen molar-refractivity contribution >= 4 is 10.9 Å². The minimum Gasteiger partial charge on any atom is -0.314 e. The van der Waals surface area contributed by atoms with Crippen LogP contribution in [0.1, 0.15) is 31.0 Å². The van der Waals surface area contributed by atoms with Crippen LogP contribution in [0.3, 0.4) is 0 Å². The largest absolute Gasteiger partial charge is 0.314 e. The molecular formula is C18H25N3. The van der Waals surface area contributed by atoms with Gasteiger partial charge in [-0.3, -0.25) is 9.88 Å². The Balaban J connectivity index is 1.74. The first-order valence-electron chi connectivity index (χ1n) is 8.07. The molecule has 1 N–H and O–H groups in total. The number of fused-ring (bicyclic) bond motifs is 1. The first kappa shape index (κ1) is 14.5. The van der Waals surface area contributed by atoms with Crippen molar-refractivity contribution in [1.82, 2.24) is 15.2 Å². The van der Waals surface area contributed by atoms with Gasteiger partial charge in [-0.15, -0.1) is 0 Å².